The Labute approximate surface area is 120 Å². The van der Waals surface area contributed by atoms with Crippen LogP contribution in [-0.2, 0) is 11.2 Å². The third-order valence-electron chi connectivity index (χ3n) is 2.63. The Bertz CT molecular complexity index is 413. The molecule has 0 spiro atoms. The van der Waals surface area contributed by atoms with Crippen LogP contribution in [0.2, 0.25) is 0 Å². The molecule has 0 atom stereocenters. The van der Waals surface area contributed by atoms with Gasteiger partial charge in [-0.25, -0.2) is 10.8 Å². The number of hydrogen-bond acceptors (Lipinski definition) is 5. The normalized spacial score (nSPS) is 10.7. The van der Waals surface area contributed by atoms with Crippen LogP contribution in [-0.4, -0.2) is 30.6 Å². The van der Waals surface area contributed by atoms with Crippen LogP contribution in [0.3, 0.4) is 0 Å². The number of anilines is 1. The lowest BCUT2D eigenvalue weighted by molar-refractivity contribution is 0.0886. The first-order chi connectivity index (χ1) is 9.56. The van der Waals surface area contributed by atoms with Crippen molar-refractivity contribution in [3.63, 3.8) is 0 Å². The molecule has 1 amide bonds. The first-order valence-electron chi connectivity index (χ1n) is 6.90. The van der Waals surface area contributed by atoms with E-state index in [0.717, 1.165) is 12.1 Å². The van der Waals surface area contributed by atoms with Crippen molar-refractivity contribution >= 4 is 11.7 Å². The molecule has 0 aliphatic heterocycles. The second-order valence-electron chi connectivity index (χ2n) is 4.95. The fourth-order valence-corrected chi connectivity index (χ4v) is 1.63. The van der Waals surface area contributed by atoms with Gasteiger partial charge in [0, 0.05) is 24.4 Å². The summed E-state index contributed by atoms with van der Waals surface area (Å²) in [5.41, 5.74) is 3.84. The first kappa shape index (κ1) is 16.4. The Morgan fingerprint density at radius 1 is 1.45 bits per heavy atom. The van der Waals surface area contributed by atoms with Gasteiger partial charge < -0.3 is 15.5 Å². The quantitative estimate of drug-likeness (QED) is 0.380. The zero-order chi connectivity index (χ0) is 15.0. The number of carbonyl (C=O) groups excluding carboxylic acids is 1. The van der Waals surface area contributed by atoms with Crippen LogP contribution in [0.4, 0.5) is 5.82 Å². The third kappa shape index (κ3) is 5.54. The van der Waals surface area contributed by atoms with E-state index in [-0.39, 0.29) is 5.91 Å². The molecule has 0 aliphatic rings. The van der Waals surface area contributed by atoms with E-state index in [9.17, 15) is 4.79 Å². The van der Waals surface area contributed by atoms with Gasteiger partial charge in [0.05, 0.1) is 6.61 Å². The van der Waals surface area contributed by atoms with Crippen molar-refractivity contribution < 1.29 is 9.53 Å². The van der Waals surface area contributed by atoms with Crippen LogP contribution >= 0.6 is 0 Å². The molecular weight excluding hydrogens is 256 g/mol. The van der Waals surface area contributed by atoms with Crippen LogP contribution in [0, 0.1) is 5.92 Å². The lowest BCUT2D eigenvalue weighted by Crippen LogP contribution is -2.28. The number of nitrogens with two attached hydrogens (primary N) is 1. The van der Waals surface area contributed by atoms with Crippen molar-refractivity contribution in [2.45, 2.75) is 27.2 Å². The molecule has 0 radical (unpaired) electrons. The van der Waals surface area contributed by atoms with Gasteiger partial charge in [-0.15, -0.1) is 0 Å². The minimum Gasteiger partial charge on any atom is -0.379 e. The number of carbonyl (C=O) groups is 1. The first-order valence-corrected chi connectivity index (χ1v) is 6.90. The van der Waals surface area contributed by atoms with E-state index in [4.69, 9.17) is 10.6 Å². The van der Waals surface area contributed by atoms with Crippen molar-refractivity contribution in [1.82, 2.24) is 10.3 Å². The molecule has 4 N–H and O–H groups in total. The van der Waals surface area contributed by atoms with Crippen LogP contribution in [0.1, 0.15) is 36.8 Å². The average Bonchev–Trinajstić information content (AvgIpc) is 2.45. The highest BCUT2D eigenvalue weighted by atomic mass is 16.5. The summed E-state index contributed by atoms with van der Waals surface area (Å²) in [4.78, 5) is 16.3. The smallest absolute Gasteiger partial charge is 0.251 e. The zero-order valence-corrected chi connectivity index (χ0v) is 12.4. The van der Waals surface area contributed by atoms with E-state index < -0.39 is 0 Å². The molecule has 0 saturated carbocycles. The monoisotopic (exact) mass is 280 g/mol. The zero-order valence-electron chi connectivity index (χ0n) is 12.4. The standard InChI is InChI=1S/C14H24N4O2/c1-4-12-7-11(8-13(17-12)18-15)14(19)16-5-6-20-9-10(2)3/h7-8,10H,4-6,9,15H2,1-3H3,(H,16,19)(H,17,18). The molecule has 20 heavy (non-hydrogen) atoms. The SMILES string of the molecule is CCc1cc(C(=O)NCCOCC(C)C)cc(NN)n1. The van der Waals surface area contributed by atoms with Gasteiger partial charge in [-0.05, 0) is 24.5 Å². The summed E-state index contributed by atoms with van der Waals surface area (Å²) in [5, 5.41) is 2.82. The summed E-state index contributed by atoms with van der Waals surface area (Å²) < 4.78 is 5.41. The van der Waals surface area contributed by atoms with Crippen LogP contribution < -0.4 is 16.6 Å². The van der Waals surface area contributed by atoms with E-state index in [1.54, 1.807) is 12.1 Å². The number of hydrogen-bond donors (Lipinski definition) is 3. The number of ether oxygens (including phenoxy) is 1. The molecule has 0 fully saturated rings. The summed E-state index contributed by atoms with van der Waals surface area (Å²) in [6.07, 6.45) is 0.743. The van der Waals surface area contributed by atoms with Crippen molar-refractivity contribution in [2.24, 2.45) is 11.8 Å². The molecule has 0 saturated heterocycles. The summed E-state index contributed by atoms with van der Waals surface area (Å²) in [5.74, 6) is 6.19. The summed E-state index contributed by atoms with van der Waals surface area (Å²) in [6.45, 7) is 7.85. The van der Waals surface area contributed by atoms with Crippen LogP contribution in [0.25, 0.3) is 0 Å². The van der Waals surface area contributed by atoms with Gasteiger partial charge in [0.15, 0.2) is 0 Å². The lowest BCUT2D eigenvalue weighted by Gasteiger charge is -2.10. The highest BCUT2D eigenvalue weighted by molar-refractivity contribution is 5.94. The molecule has 0 aliphatic carbocycles. The number of rotatable bonds is 8. The highest BCUT2D eigenvalue weighted by Gasteiger charge is 2.08. The topological polar surface area (TPSA) is 89.3 Å². The highest BCUT2D eigenvalue weighted by Crippen LogP contribution is 2.10. The summed E-state index contributed by atoms with van der Waals surface area (Å²) >= 11 is 0. The Morgan fingerprint density at radius 2 is 2.20 bits per heavy atom. The molecule has 1 rings (SSSR count). The predicted octanol–water partition coefficient (Wildman–Crippen LogP) is 1.33. The number of pyridine rings is 1. The minimum absolute atomic E-state index is 0.147. The van der Waals surface area contributed by atoms with E-state index in [1.807, 2.05) is 6.92 Å². The van der Waals surface area contributed by atoms with Gasteiger partial charge in [-0.1, -0.05) is 20.8 Å². The molecule has 0 aromatic carbocycles. The van der Waals surface area contributed by atoms with Crippen molar-refractivity contribution in [1.29, 1.82) is 0 Å². The second-order valence-corrected chi connectivity index (χ2v) is 4.95. The maximum Gasteiger partial charge on any atom is 0.251 e. The number of hydrazine groups is 1. The van der Waals surface area contributed by atoms with Crippen LogP contribution in [0.15, 0.2) is 12.1 Å². The van der Waals surface area contributed by atoms with Crippen molar-refractivity contribution in [2.75, 3.05) is 25.2 Å². The molecule has 1 heterocycles. The molecule has 6 nitrogen and oxygen atoms in total. The van der Waals surface area contributed by atoms with Gasteiger partial charge in [0.25, 0.3) is 5.91 Å². The van der Waals surface area contributed by atoms with E-state index >= 15 is 0 Å². The number of amides is 1. The number of nitrogen functional groups attached to an aromatic ring is 1. The summed E-state index contributed by atoms with van der Waals surface area (Å²) in [7, 11) is 0. The Hall–Kier alpha value is -1.66. The number of nitrogens with zero attached hydrogens (tertiary/aromatic N) is 1. The van der Waals surface area contributed by atoms with Crippen molar-refractivity contribution in [3.8, 4) is 0 Å². The Kier molecular flexibility index (Phi) is 6.97. The van der Waals surface area contributed by atoms with Gasteiger partial charge in [-0.2, -0.15) is 0 Å². The molecule has 0 bridgehead atoms. The fraction of sp³-hybridized carbons (Fsp3) is 0.571. The van der Waals surface area contributed by atoms with Gasteiger partial charge >= 0.3 is 0 Å². The summed E-state index contributed by atoms with van der Waals surface area (Å²) in [6, 6.07) is 3.40. The fourth-order valence-electron chi connectivity index (χ4n) is 1.63. The molecular formula is C14H24N4O2. The number of aryl methyl sites for hydroxylation is 1. The average molecular weight is 280 g/mol. The minimum atomic E-state index is -0.147. The lowest BCUT2D eigenvalue weighted by atomic mass is 10.2. The van der Waals surface area contributed by atoms with E-state index in [2.05, 4.69) is 29.6 Å². The second kappa shape index (κ2) is 8.50. The van der Waals surface area contributed by atoms with Gasteiger partial charge in [0.1, 0.15) is 5.82 Å². The Morgan fingerprint density at radius 3 is 2.80 bits per heavy atom. The molecule has 112 valence electrons. The number of aromatic nitrogens is 1. The molecule has 1 aromatic rings. The van der Waals surface area contributed by atoms with E-state index in [1.165, 1.54) is 0 Å². The third-order valence-corrected chi connectivity index (χ3v) is 2.63. The molecule has 0 unspecified atom stereocenters. The Balaban J connectivity index is 2.50. The van der Waals surface area contributed by atoms with E-state index in [0.29, 0.717) is 37.1 Å². The number of nitrogens with one attached hydrogen (secondary N) is 2. The largest absolute Gasteiger partial charge is 0.379 e. The van der Waals surface area contributed by atoms with Crippen LogP contribution in [0.5, 0.6) is 0 Å². The van der Waals surface area contributed by atoms with Crippen molar-refractivity contribution in [3.05, 3.63) is 23.4 Å². The predicted molar refractivity (Wildman–Crippen MR) is 79.4 cm³/mol. The van der Waals surface area contributed by atoms with Gasteiger partial charge in [0.2, 0.25) is 0 Å². The van der Waals surface area contributed by atoms with Gasteiger partial charge in [-0.3, -0.25) is 4.79 Å². The maximum atomic E-state index is 12.0. The molecule has 1 aromatic heterocycles. The maximum absolute atomic E-state index is 12.0. The molecule has 6 heteroatoms.